The average Bonchev–Trinajstić information content (AvgIpc) is 3.24. The molecule has 0 saturated carbocycles. The number of benzene rings is 2. The summed E-state index contributed by atoms with van der Waals surface area (Å²) < 4.78 is 0. The summed E-state index contributed by atoms with van der Waals surface area (Å²) in [5.74, 6) is 0. The Kier molecular flexibility index (Phi) is 3.58. The lowest BCUT2D eigenvalue weighted by molar-refractivity contribution is 0.0772. The Labute approximate surface area is 152 Å². The van der Waals surface area contributed by atoms with Gasteiger partial charge in [0.1, 0.15) is 0 Å². The van der Waals surface area contributed by atoms with E-state index in [1.54, 1.807) is 0 Å². The summed E-state index contributed by atoms with van der Waals surface area (Å²) in [4.78, 5) is 0. The van der Waals surface area contributed by atoms with Gasteiger partial charge in [-0.1, -0.05) is 101 Å². The molecule has 0 saturated heterocycles. The molecule has 0 aliphatic heterocycles. The van der Waals surface area contributed by atoms with Crippen LogP contribution < -0.4 is 0 Å². The molecule has 0 unspecified atom stereocenters. The lowest BCUT2D eigenvalue weighted by Gasteiger charge is -2.54. The fourth-order valence-corrected chi connectivity index (χ4v) is 5.82. The Morgan fingerprint density at radius 2 is 1.20 bits per heavy atom. The van der Waals surface area contributed by atoms with E-state index >= 15 is 0 Å². The Hall–Kier alpha value is -2.08. The summed E-state index contributed by atoms with van der Waals surface area (Å²) in [6.07, 6.45) is 11.6. The lowest BCUT2D eigenvalue weighted by atomic mass is 9.48. The van der Waals surface area contributed by atoms with Crippen molar-refractivity contribution in [2.24, 2.45) is 10.8 Å². The molecule has 0 fully saturated rings. The van der Waals surface area contributed by atoms with Gasteiger partial charge in [0.25, 0.3) is 0 Å². The summed E-state index contributed by atoms with van der Waals surface area (Å²) in [6, 6.07) is 18.1. The van der Waals surface area contributed by atoms with Crippen molar-refractivity contribution in [3.63, 3.8) is 0 Å². The van der Waals surface area contributed by atoms with Crippen molar-refractivity contribution in [2.75, 3.05) is 0 Å². The summed E-state index contributed by atoms with van der Waals surface area (Å²) in [5, 5.41) is 0. The molecule has 128 valence electrons. The maximum absolute atomic E-state index is 2.48. The first-order valence-corrected chi connectivity index (χ1v) is 9.60. The summed E-state index contributed by atoms with van der Waals surface area (Å²) >= 11 is 0. The molecule has 0 heterocycles. The quantitative estimate of drug-likeness (QED) is 0.572. The van der Waals surface area contributed by atoms with Gasteiger partial charge in [0.05, 0.1) is 0 Å². The first-order chi connectivity index (χ1) is 12.0. The minimum atomic E-state index is 0.0230. The molecule has 25 heavy (non-hydrogen) atoms. The van der Waals surface area contributed by atoms with Gasteiger partial charge >= 0.3 is 0 Å². The predicted molar refractivity (Wildman–Crippen MR) is 108 cm³/mol. The number of allylic oxidation sites excluding steroid dienone is 4. The van der Waals surface area contributed by atoms with E-state index in [0.717, 1.165) is 12.8 Å². The highest BCUT2D eigenvalue weighted by Crippen LogP contribution is 2.65. The molecule has 2 aliphatic rings. The Bertz CT molecular complexity index is 806. The van der Waals surface area contributed by atoms with E-state index in [0.29, 0.717) is 0 Å². The van der Waals surface area contributed by atoms with Crippen LogP contribution >= 0.6 is 0 Å². The normalized spacial score (nSPS) is 19.0. The molecular formula is C25H28. The molecule has 2 aromatic rings. The highest BCUT2D eigenvalue weighted by atomic mass is 14.6. The van der Waals surface area contributed by atoms with Crippen LogP contribution in [0.2, 0.25) is 0 Å². The smallest absolute Gasteiger partial charge is 0.0274 e. The predicted octanol–water partition coefficient (Wildman–Crippen LogP) is 6.91. The second kappa shape index (κ2) is 5.46. The highest BCUT2D eigenvalue weighted by molar-refractivity contribution is 5.81. The highest BCUT2D eigenvalue weighted by Gasteiger charge is 2.58. The molecule has 0 N–H and O–H groups in total. The van der Waals surface area contributed by atoms with Gasteiger partial charge in [-0.15, -0.1) is 0 Å². The van der Waals surface area contributed by atoms with Crippen LogP contribution in [0.1, 0.15) is 51.7 Å². The first kappa shape index (κ1) is 16.4. The van der Waals surface area contributed by atoms with E-state index in [2.05, 4.69) is 101 Å². The Morgan fingerprint density at radius 3 is 1.64 bits per heavy atom. The minimum Gasteiger partial charge on any atom is -0.0740 e. The van der Waals surface area contributed by atoms with Crippen LogP contribution in [0.25, 0.3) is 11.1 Å². The molecule has 0 bridgehead atoms. The second-order valence-corrected chi connectivity index (χ2v) is 8.09. The first-order valence-electron chi connectivity index (χ1n) is 9.60. The monoisotopic (exact) mass is 328 g/mol. The maximum Gasteiger partial charge on any atom is 0.0274 e. The largest absolute Gasteiger partial charge is 0.0740 e. The molecular weight excluding hydrogens is 300 g/mol. The summed E-state index contributed by atoms with van der Waals surface area (Å²) in [6.45, 7) is 9.67. The standard InChI is InChI=1S/C25H28/c1-5-24(17-11-12-18-24)23(3,4)25(6-2)21-15-9-7-13-19(21)20-14-8-10-16-22(20)25/h7-18H,5-6H2,1-4H3. The summed E-state index contributed by atoms with van der Waals surface area (Å²) in [5.41, 5.74) is 6.03. The topological polar surface area (TPSA) is 0 Å². The van der Waals surface area contributed by atoms with Crippen LogP contribution in [0, 0.1) is 10.8 Å². The van der Waals surface area contributed by atoms with Gasteiger partial charge in [0.2, 0.25) is 0 Å². The van der Waals surface area contributed by atoms with E-state index in [-0.39, 0.29) is 16.2 Å². The van der Waals surface area contributed by atoms with Crippen LogP contribution in [-0.2, 0) is 5.41 Å². The fraction of sp³-hybridized carbons (Fsp3) is 0.360. The van der Waals surface area contributed by atoms with E-state index in [4.69, 9.17) is 0 Å². The number of hydrogen-bond acceptors (Lipinski definition) is 0. The third-order valence-corrected chi connectivity index (χ3v) is 7.31. The molecule has 0 aromatic heterocycles. The van der Waals surface area contributed by atoms with Crippen LogP contribution in [0.3, 0.4) is 0 Å². The van der Waals surface area contributed by atoms with Gasteiger partial charge in [-0.25, -0.2) is 0 Å². The van der Waals surface area contributed by atoms with E-state index in [1.807, 2.05) is 0 Å². The molecule has 4 rings (SSSR count). The second-order valence-electron chi connectivity index (χ2n) is 8.09. The maximum atomic E-state index is 2.48. The zero-order chi connectivity index (χ0) is 17.7. The molecule has 0 heteroatoms. The van der Waals surface area contributed by atoms with Crippen LogP contribution in [0.15, 0.2) is 72.8 Å². The lowest BCUT2D eigenvalue weighted by Crippen LogP contribution is -2.50. The van der Waals surface area contributed by atoms with Gasteiger partial charge in [0, 0.05) is 10.8 Å². The Balaban J connectivity index is 2.07. The van der Waals surface area contributed by atoms with Crippen molar-refractivity contribution in [2.45, 2.75) is 46.0 Å². The molecule has 0 amide bonds. The van der Waals surface area contributed by atoms with E-state index in [1.165, 1.54) is 22.3 Å². The number of fused-ring (bicyclic) bond motifs is 3. The van der Waals surface area contributed by atoms with Crippen molar-refractivity contribution < 1.29 is 0 Å². The SMILES string of the molecule is CCC1(C(C)(C)C2(CC)c3ccccc3-c3ccccc32)C=CC=C1. The minimum absolute atomic E-state index is 0.0230. The molecule has 0 atom stereocenters. The van der Waals surface area contributed by atoms with E-state index < -0.39 is 0 Å². The van der Waals surface area contributed by atoms with Crippen LogP contribution in [-0.4, -0.2) is 0 Å². The molecule has 0 radical (unpaired) electrons. The van der Waals surface area contributed by atoms with Crippen molar-refractivity contribution in [3.8, 4) is 11.1 Å². The van der Waals surface area contributed by atoms with Crippen molar-refractivity contribution in [1.29, 1.82) is 0 Å². The van der Waals surface area contributed by atoms with Gasteiger partial charge < -0.3 is 0 Å². The van der Waals surface area contributed by atoms with Gasteiger partial charge in [-0.2, -0.15) is 0 Å². The third kappa shape index (κ3) is 1.83. The van der Waals surface area contributed by atoms with Crippen LogP contribution in [0.5, 0.6) is 0 Å². The van der Waals surface area contributed by atoms with Gasteiger partial charge in [-0.05, 0) is 40.5 Å². The molecule has 0 spiro atoms. The third-order valence-electron chi connectivity index (χ3n) is 7.31. The van der Waals surface area contributed by atoms with Crippen molar-refractivity contribution in [3.05, 3.63) is 84.0 Å². The van der Waals surface area contributed by atoms with E-state index in [9.17, 15) is 0 Å². The number of rotatable bonds is 4. The fourth-order valence-electron chi connectivity index (χ4n) is 5.82. The number of hydrogen-bond donors (Lipinski definition) is 0. The van der Waals surface area contributed by atoms with Gasteiger partial charge in [-0.3, -0.25) is 0 Å². The zero-order valence-electron chi connectivity index (χ0n) is 15.8. The molecule has 2 aliphatic carbocycles. The molecule has 0 nitrogen and oxygen atoms in total. The van der Waals surface area contributed by atoms with Crippen molar-refractivity contribution >= 4 is 0 Å². The molecule has 2 aromatic carbocycles. The Morgan fingerprint density at radius 1 is 0.720 bits per heavy atom. The zero-order valence-corrected chi connectivity index (χ0v) is 15.8. The van der Waals surface area contributed by atoms with Gasteiger partial charge in [0.15, 0.2) is 0 Å². The summed E-state index contributed by atoms with van der Waals surface area (Å²) in [7, 11) is 0. The van der Waals surface area contributed by atoms with Crippen molar-refractivity contribution in [1.82, 2.24) is 0 Å². The average molecular weight is 328 g/mol. The van der Waals surface area contributed by atoms with Crippen LogP contribution in [0.4, 0.5) is 0 Å².